The third kappa shape index (κ3) is 8.02. The van der Waals surface area contributed by atoms with E-state index in [1.807, 2.05) is 31.2 Å². The Morgan fingerprint density at radius 2 is 1.91 bits per heavy atom. The fourth-order valence-electron chi connectivity index (χ4n) is 3.56. The van der Waals surface area contributed by atoms with Gasteiger partial charge in [0.25, 0.3) is 5.91 Å². The van der Waals surface area contributed by atoms with E-state index in [4.69, 9.17) is 9.73 Å². The lowest BCUT2D eigenvalue weighted by atomic mass is 10.1. The second-order valence-corrected chi connectivity index (χ2v) is 8.29. The van der Waals surface area contributed by atoms with E-state index in [-0.39, 0.29) is 35.9 Å². The highest BCUT2D eigenvalue weighted by Gasteiger charge is 2.23. The molecule has 9 heteroatoms. The fourth-order valence-corrected chi connectivity index (χ4v) is 4.42. The van der Waals surface area contributed by atoms with Gasteiger partial charge in [-0.05, 0) is 43.0 Å². The predicted octanol–water partition coefficient (Wildman–Crippen LogP) is 3.24. The Labute approximate surface area is 212 Å². The number of ether oxygens (including phenoxy) is 1. The zero-order valence-electron chi connectivity index (χ0n) is 18.8. The van der Waals surface area contributed by atoms with Crippen LogP contribution in [0.25, 0.3) is 0 Å². The van der Waals surface area contributed by atoms with Crippen LogP contribution < -0.4 is 16.0 Å². The topological polar surface area (TPSA) is 78.0 Å². The minimum Gasteiger partial charge on any atom is -0.379 e. The first-order valence-electron chi connectivity index (χ1n) is 11.0. The summed E-state index contributed by atoms with van der Waals surface area (Å²) in [6.45, 7) is 10.1. The summed E-state index contributed by atoms with van der Waals surface area (Å²) < 4.78 is 5.54. The van der Waals surface area contributed by atoms with Gasteiger partial charge < -0.3 is 20.7 Å². The van der Waals surface area contributed by atoms with Crippen molar-refractivity contribution in [3.05, 3.63) is 57.8 Å². The normalized spacial score (nSPS) is 15.5. The molecular weight excluding hydrogens is 537 g/mol. The second kappa shape index (κ2) is 14.5. The Morgan fingerprint density at radius 1 is 1.12 bits per heavy atom. The van der Waals surface area contributed by atoms with Crippen molar-refractivity contribution in [2.45, 2.75) is 26.4 Å². The van der Waals surface area contributed by atoms with E-state index in [2.05, 4.69) is 45.3 Å². The van der Waals surface area contributed by atoms with Crippen molar-refractivity contribution in [2.75, 3.05) is 45.9 Å². The van der Waals surface area contributed by atoms with Crippen LogP contribution in [0, 0.1) is 0 Å². The van der Waals surface area contributed by atoms with Crippen molar-refractivity contribution in [3.63, 3.8) is 0 Å². The molecule has 1 aliphatic heterocycles. The zero-order chi connectivity index (χ0) is 21.9. The second-order valence-electron chi connectivity index (χ2n) is 7.32. The quantitative estimate of drug-likeness (QED) is 0.245. The number of amides is 1. The highest BCUT2D eigenvalue weighted by Crippen LogP contribution is 2.25. The maximum Gasteiger partial charge on any atom is 0.251 e. The molecule has 0 saturated carbocycles. The number of halogens is 1. The molecule has 0 bridgehead atoms. The highest BCUT2D eigenvalue weighted by molar-refractivity contribution is 14.0. The summed E-state index contributed by atoms with van der Waals surface area (Å²) in [4.78, 5) is 20.7. The molecule has 2 heterocycles. The van der Waals surface area contributed by atoms with E-state index >= 15 is 0 Å². The lowest BCUT2D eigenvalue weighted by molar-refractivity contribution is 0.0177. The zero-order valence-corrected chi connectivity index (χ0v) is 21.9. The number of carbonyl (C=O) groups is 1. The van der Waals surface area contributed by atoms with Crippen LogP contribution in [0.2, 0.25) is 0 Å². The molecule has 176 valence electrons. The summed E-state index contributed by atoms with van der Waals surface area (Å²) >= 11 is 1.79. The number of benzene rings is 1. The van der Waals surface area contributed by atoms with Crippen LogP contribution in [0.5, 0.6) is 0 Å². The van der Waals surface area contributed by atoms with E-state index in [1.54, 1.807) is 11.3 Å². The minimum absolute atomic E-state index is 0. The molecule has 1 amide bonds. The van der Waals surface area contributed by atoms with Gasteiger partial charge in [0, 0.05) is 43.2 Å². The first-order chi connectivity index (χ1) is 15.2. The Morgan fingerprint density at radius 3 is 2.59 bits per heavy atom. The SMILES string of the molecule is CCNC(=O)c1cccc(CN=C(NCC)NCC(c2cccs2)N2CCOCC2)c1.I. The van der Waals surface area contributed by atoms with Crippen LogP contribution in [0.3, 0.4) is 0 Å². The number of hydrogen-bond acceptors (Lipinski definition) is 5. The molecule has 0 radical (unpaired) electrons. The minimum atomic E-state index is -0.0531. The van der Waals surface area contributed by atoms with Gasteiger partial charge in [-0.3, -0.25) is 9.69 Å². The Kier molecular flexibility index (Phi) is 12.0. The van der Waals surface area contributed by atoms with E-state index in [1.165, 1.54) is 4.88 Å². The lowest BCUT2D eigenvalue weighted by Gasteiger charge is -2.34. The van der Waals surface area contributed by atoms with Gasteiger partial charge in [0.1, 0.15) is 0 Å². The summed E-state index contributed by atoms with van der Waals surface area (Å²) in [5.74, 6) is 0.725. The third-order valence-electron chi connectivity index (χ3n) is 5.11. The molecule has 1 unspecified atom stereocenters. The summed E-state index contributed by atoms with van der Waals surface area (Å²) in [7, 11) is 0. The molecule has 3 rings (SSSR count). The van der Waals surface area contributed by atoms with E-state index in [0.29, 0.717) is 18.7 Å². The van der Waals surface area contributed by atoms with E-state index < -0.39 is 0 Å². The molecule has 1 fully saturated rings. The van der Waals surface area contributed by atoms with Gasteiger partial charge in [-0.25, -0.2) is 4.99 Å². The number of aliphatic imine (C=N–C) groups is 1. The molecule has 2 aromatic rings. The number of thiophene rings is 1. The number of nitrogens with zero attached hydrogens (tertiary/aromatic N) is 2. The molecule has 1 aromatic carbocycles. The molecule has 0 spiro atoms. The molecule has 1 saturated heterocycles. The number of hydrogen-bond donors (Lipinski definition) is 3. The largest absolute Gasteiger partial charge is 0.379 e. The average molecular weight is 572 g/mol. The lowest BCUT2D eigenvalue weighted by Crippen LogP contribution is -2.46. The highest BCUT2D eigenvalue weighted by atomic mass is 127. The van der Waals surface area contributed by atoms with E-state index in [0.717, 1.165) is 50.9 Å². The molecule has 1 aromatic heterocycles. The first-order valence-corrected chi connectivity index (χ1v) is 11.8. The number of morpholine rings is 1. The average Bonchev–Trinajstić information content (AvgIpc) is 3.33. The van der Waals surface area contributed by atoms with Gasteiger partial charge in [-0.2, -0.15) is 0 Å². The van der Waals surface area contributed by atoms with Crippen LogP contribution in [0.1, 0.15) is 40.7 Å². The third-order valence-corrected chi connectivity index (χ3v) is 6.08. The molecule has 3 N–H and O–H groups in total. The van der Waals surface area contributed by atoms with Gasteiger partial charge in [0.15, 0.2) is 5.96 Å². The summed E-state index contributed by atoms with van der Waals surface area (Å²) in [5.41, 5.74) is 1.67. The monoisotopic (exact) mass is 571 g/mol. The summed E-state index contributed by atoms with van der Waals surface area (Å²) in [5, 5.41) is 11.8. The van der Waals surface area contributed by atoms with Crippen molar-refractivity contribution >= 4 is 47.2 Å². The van der Waals surface area contributed by atoms with Crippen molar-refractivity contribution in [1.29, 1.82) is 0 Å². The smallest absolute Gasteiger partial charge is 0.251 e. The standard InChI is InChI=1S/C23H33N5O2S.HI/c1-3-24-22(29)19-8-5-7-18(15-19)16-26-23(25-4-2)27-17-20(21-9-6-14-31-21)28-10-12-30-13-11-28;/h5-9,14-15,20H,3-4,10-13,16-17H2,1-2H3,(H,24,29)(H2,25,26,27);1H. The van der Waals surface area contributed by atoms with Crippen LogP contribution in [0.4, 0.5) is 0 Å². The van der Waals surface area contributed by atoms with Crippen LogP contribution >= 0.6 is 35.3 Å². The van der Waals surface area contributed by atoms with Crippen molar-refractivity contribution in [3.8, 4) is 0 Å². The Balaban J connectivity index is 0.00000363. The van der Waals surface area contributed by atoms with Crippen molar-refractivity contribution in [1.82, 2.24) is 20.9 Å². The Bertz CT molecular complexity index is 841. The maximum absolute atomic E-state index is 12.1. The van der Waals surface area contributed by atoms with Crippen LogP contribution in [0.15, 0.2) is 46.8 Å². The molecule has 1 aliphatic rings. The first kappa shape index (κ1) is 26.6. The number of rotatable bonds is 9. The van der Waals surface area contributed by atoms with Crippen molar-refractivity contribution in [2.24, 2.45) is 4.99 Å². The summed E-state index contributed by atoms with van der Waals surface area (Å²) in [6.07, 6.45) is 0. The van der Waals surface area contributed by atoms with Crippen LogP contribution in [-0.4, -0.2) is 62.7 Å². The summed E-state index contributed by atoms with van der Waals surface area (Å²) in [6, 6.07) is 12.2. The van der Waals surface area contributed by atoms with Gasteiger partial charge in [-0.15, -0.1) is 35.3 Å². The molecule has 0 aliphatic carbocycles. The number of carbonyl (C=O) groups excluding carboxylic acids is 1. The maximum atomic E-state index is 12.1. The van der Waals surface area contributed by atoms with Gasteiger partial charge in [-0.1, -0.05) is 18.2 Å². The van der Waals surface area contributed by atoms with E-state index in [9.17, 15) is 4.79 Å². The fraction of sp³-hybridized carbons (Fsp3) is 0.478. The molecule has 7 nitrogen and oxygen atoms in total. The molecular formula is C23H34IN5O2S. The molecule has 1 atom stereocenters. The van der Waals surface area contributed by atoms with Crippen molar-refractivity contribution < 1.29 is 9.53 Å². The molecule has 32 heavy (non-hydrogen) atoms. The van der Waals surface area contributed by atoms with Gasteiger partial charge in [0.2, 0.25) is 0 Å². The van der Waals surface area contributed by atoms with Gasteiger partial charge >= 0.3 is 0 Å². The predicted molar refractivity (Wildman–Crippen MR) is 142 cm³/mol. The number of guanidine groups is 1. The number of nitrogens with one attached hydrogen (secondary N) is 3. The Hall–Kier alpha value is -1.69. The van der Waals surface area contributed by atoms with Crippen LogP contribution in [-0.2, 0) is 11.3 Å². The van der Waals surface area contributed by atoms with Gasteiger partial charge in [0.05, 0.1) is 25.8 Å².